The highest BCUT2D eigenvalue weighted by atomic mass is 32.1. The largest absolute Gasteiger partial charge is 0.365 e. The molecule has 2 aromatic heterocycles. The maximum Gasteiger partial charge on any atom is 0.280 e. The van der Waals surface area contributed by atoms with Crippen LogP contribution in [-0.4, -0.2) is 50.8 Å². The number of hydrogen-bond acceptors (Lipinski definition) is 6. The van der Waals surface area contributed by atoms with E-state index in [9.17, 15) is 18.4 Å². The fourth-order valence-electron chi connectivity index (χ4n) is 4.73. The summed E-state index contributed by atoms with van der Waals surface area (Å²) in [7, 11) is 0. The van der Waals surface area contributed by atoms with Gasteiger partial charge in [0.05, 0.1) is 4.88 Å². The van der Waals surface area contributed by atoms with Crippen LogP contribution < -0.4 is 10.6 Å². The lowest BCUT2D eigenvalue weighted by Gasteiger charge is -2.23. The molecule has 0 radical (unpaired) electrons. The normalized spacial score (nSPS) is 18.9. The summed E-state index contributed by atoms with van der Waals surface area (Å²) in [5.74, 6) is -0.381. The van der Waals surface area contributed by atoms with E-state index in [1.165, 1.54) is 12.3 Å². The molecule has 2 N–H and O–H groups in total. The summed E-state index contributed by atoms with van der Waals surface area (Å²) in [6, 6.07) is 1.42. The standard InChI is InChI=1S/C25H33F2N5O2S/c1-14-8-7-11-32(14)24(34)19-20(35-23(30-19)22(33)29-15-9-5-6-10-15)17-13-28-18(31-25(2,3)4)12-16(17)21(26)27/h12-15,21H,5-11H2,1-4H3,(H,28,31)(H,29,33). The second-order valence-electron chi connectivity index (χ2n) is 10.5. The van der Waals surface area contributed by atoms with E-state index in [-0.39, 0.29) is 56.1 Å². The van der Waals surface area contributed by atoms with E-state index in [0.717, 1.165) is 49.9 Å². The fraction of sp³-hybridized carbons (Fsp3) is 0.600. The van der Waals surface area contributed by atoms with Gasteiger partial charge in [-0.05, 0) is 59.4 Å². The number of hydrogen-bond donors (Lipinski definition) is 2. The quantitative estimate of drug-likeness (QED) is 0.530. The van der Waals surface area contributed by atoms with E-state index in [1.54, 1.807) is 4.90 Å². The Labute approximate surface area is 208 Å². The number of nitrogens with zero attached hydrogens (tertiary/aromatic N) is 3. The topological polar surface area (TPSA) is 87.2 Å². The highest BCUT2D eigenvalue weighted by Gasteiger charge is 2.33. The molecule has 2 amide bonds. The molecular weight excluding hydrogens is 472 g/mol. The Bertz CT molecular complexity index is 1090. The Morgan fingerprint density at radius 2 is 1.89 bits per heavy atom. The summed E-state index contributed by atoms with van der Waals surface area (Å²) in [6.45, 7) is 8.28. The third kappa shape index (κ3) is 5.79. The number of nitrogens with one attached hydrogen (secondary N) is 2. The summed E-state index contributed by atoms with van der Waals surface area (Å²) >= 11 is 0.979. The molecule has 0 bridgehead atoms. The number of alkyl halides is 2. The number of carbonyl (C=O) groups excluding carboxylic acids is 2. The van der Waals surface area contributed by atoms with E-state index >= 15 is 0 Å². The molecule has 1 unspecified atom stereocenters. The van der Waals surface area contributed by atoms with E-state index in [1.807, 2.05) is 27.7 Å². The average molecular weight is 506 g/mol. The lowest BCUT2D eigenvalue weighted by Crippen LogP contribution is -2.35. The van der Waals surface area contributed by atoms with Crippen molar-refractivity contribution in [1.82, 2.24) is 20.2 Å². The number of likely N-dealkylation sites (tertiary alicyclic amines) is 1. The Morgan fingerprint density at radius 1 is 1.17 bits per heavy atom. The van der Waals surface area contributed by atoms with Gasteiger partial charge in [0.1, 0.15) is 11.5 Å². The molecule has 190 valence electrons. The van der Waals surface area contributed by atoms with Gasteiger partial charge >= 0.3 is 0 Å². The summed E-state index contributed by atoms with van der Waals surface area (Å²) in [4.78, 5) is 37.2. The van der Waals surface area contributed by atoms with Crippen molar-refractivity contribution in [3.63, 3.8) is 0 Å². The minimum atomic E-state index is -2.79. The first kappa shape index (κ1) is 25.5. The minimum absolute atomic E-state index is 0.0267. The van der Waals surface area contributed by atoms with E-state index in [4.69, 9.17) is 0 Å². The van der Waals surface area contributed by atoms with E-state index < -0.39 is 6.43 Å². The third-order valence-electron chi connectivity index (χ3n) is 6.45. The molecule has 2 aliphatic rings. The molecule has 10 heteroatoms. The van der Waals surface area contributed by atoms with Crippen molar-refractivity contribution in [2.45, 2.75) is 90.3 Å². The first-order valence-corrected chi connectivity index (χ1v) is 13.0. The zero-order valence-electron chi connectivity index (χ0n) is 20.7. The number of amides is 2. The van der Waals surface area contributed by atoms with Crippen LogP contribution in [0.4, 0.5) is 14.6 Å². The van der Waals surface area contributed by atoms with Gasteiger partial charge in [0.15, 0.2) is 5.01 Å². The van der Waals surface area contributed by atoms with Crippen LogP contribution in [0, 0.1) is 0 Å². The maximum atomic E-state index is 14.2. The van der Waals surface area contributed by atoms with Crippen LogP contribution in [0.5, 0.6) is 0 Å². The zero-order valence-corrected chi connectivity index (χ0v) is 21.5. The lowest BCUT2D eigenvalue weighted by atomic mass is 10.1. The summed E-state index contributed by atoms with van der Waals surface area (Å²) < 4.78 is 28.4. The third-order valence-corrected chi connectivity index (χ3v) is 7.53. The molecule has 1 aliphatic carbocycles. The first-order valence-electron chi connectivity index (χ1n) is 12.2. The number of rotatable bonds is 6. The Balaban J connectivity index is 1.76. The van der Waals surface area contributed by atoms with Gasteiger partial charge < -0.3 is 15.5 Å². The van der Waals surface area contributed by atoms with Crippen LogP contribution in [-0.2, 0) is 0 Å². The molecule has 0 spiro atoms. The molecule has 3 heterocycles. The number of aromatic nitrogens is 2. The molecule has 1 aliphatic heterocycles. The van der Waals surface area contributed by atoms with Crippen LogP contribution >= 0.6 is 11.3 Å². The van der Waals surface area contributed by atoms with Gasteiger partial charge in [-0.3, -0.25) is 9.59 Å². The number of halogens is 2. The molecule has 4 rings (SSSR count). The number of pyridine rings is 1. The van der Waals surface area contributed by atoms with Crippen LogP contribution in [0.2, 0.25) is 0 Å². The minimum Gasteiger partial charge on any atom is -0.365 e. The van der Waals surface area contributed by atoms with Gasteiger partial charge in [0.25, 0.3) is 18.2 Å². The molecule has 1 atom stereocenters. The Hall–Kier alpha value is -2.62. The summed E-state index contributed by atoms with van der Waals surface area (Å²) in [5, 5.41) is 6.21. The van der Waals surface area contributed by atoms with Gasteiger partial charge in [-0.15, -0.1) is 11.3 Å². The molecule has 1 saturated heterocycles. The molecule has 7 nitrogen and oxygen atoms in total. The van der Waals surface area contributed by atoms with Crippen molar-refractivity contribution >= 4 is 29.0 Å². The van der Waals surface area contributed by atoms with Crippen molar-refractivity contribution in [2.75, 3.05) is 11.9 Å². The maximum absolute atomic E-state index is 14.2. The predicted octanol–water partition coefficient (Wildman–Crippen LogP) is 5.65. The fourth-order valence-corrected chi connectivity index (χ4v) is 5.72. The molecule has 0 aromatic carbocycles. The smallest absolute Gasteiger partial charge is 0.280 e. The van der Waals surface area contributed by atoms with E-state index in [0.29, 0.717) is 12.4 Å². The second kappa shape index (κ2) is 10.2. The second-order valence-corrected chi connectivity index (χ2v) is 11.5. The highest BCUT2D eigenvalue weighted by molar-refractivity contribution is 7.17. The van der Waals surface area contributed by atoms with Crippen molar-refractivity contribution in [2.24, 2.45) is 0 Å². The van der Waals surface area contributed by atoms with Crippen LogP contribution in [0.15, 0.2) is 12.3 Å². The SMILES string of the molecule is CC1CCCN1C(=O)c1nc(C(=O)NC2CCCC2)sc1-c1cnc(NC(C)(C)C)cc1C(F)F. The summed E-state index contributed by atoms with van der Waals surface area (Å²) in [6.07, 6.45) is 4.24. The average Bonchev–Trinajstić information content (AvgIpc) is 3.53. The Kier molecular flexibility index (Phi) is 7.40. The van der Waals surface area contributed by atoms with Gasteiger partial charge in [0.2, 0.25) is 0 Å². The van der Waals surface area contributed by atoms with E-state index in [2.05, 4.69) is 20.6 Å². The Morgan fingerprint density at radius 3 is 2.49 bits per heavy atom. The predicted molar refractivity (Wildman–Crippen MR) is 133 cm³/mol. The molecule has 1 saturated carbocycles. The van der Waals surface area contributed by atoms with Gasteiger partial charge in [-0.2, -0.15) is 0 Å². The molecule has 35 heavy (non-hydrogen) atoms. The highest BCUT2D eigenvalue weighted by Crippen LogP contribution is 2.39. The van der Waals surface area contributed by atoms with Crippen LogP contribution in [0.25, 0.3) is 10.4 Å². The lowest BCUT2D eigenvalue weighted by molar-refractivity contribution is 0.0743. The number of carbonyl (C=O) groups is 2. The summed E-state index contributed by atoms with van der Waals surface area (Å²) in [5.41, 5.74) is -0.439. The van der Waals surface area contributed by atoms with Crippen LogP contribution in [0.3, 0.4) is 0 Å². The van der Waals surface area contributed by atoms with Crippen molar-refractivity contribution < 1.29 is 18.4 Å². The zero-order chi connectivity index (χ0) is 25.3. The van der Waals surface area contributed by atoms with Gasteiger partial charge in [-0.1, -0.05) is 12.8 Å². The van der Waals surface area contributed by atoms with Crippen molar-refractivity contribution in [1.29, 1.82) is 0 Å². The monoisotopic (exact) mass is 505 g/mol. The van der Waals surface area contributed by atoms with Crippen molar-refractivity contribution in [3.8, 4) is 10.4 Å². The van der Waals surface area contributed by atoms with Gasteiger partial charge in [0, 0.05) is 41.5 Å². The van der Waals surface area contributed by atoms with Gasteiger partial charge in [-0.25, -0.2) is 18.7 Å². The van der Waals surface area contributed by atoms with Crippen LogP contribution in [0.1, 0.15) is 98.5 Å². The number of thiazole rings is 1. The molecule has 2 fully saturated rings. The first-order chi connectivity index (χ1) is 16.5. The molecule has 2 aromatic rings. The number of anilines is 1. The van der Waals surface area contributed by atoms with Crippen molar-refractivity contribution in [3.05, 3.63) is 28.5 Å². The molecular formula is C25H33F2N5O2S.